The van der Waals surface area contributed by atoms with E-state index < -0.39 is 9.52 Å². The van der Waals surface area contributed by atoms with Crippen LogP contribution in [0.5, 0.6) is 5.75 Å². The fourth-order valence-corrected chi connectivity index (χ4v) is 11.4. The Morgan fingerprint density at radius 3 is 1.56 bits per heavy atom. The Kier molecular flexibility index (Phi) is 19.4. The van der Waals surface area contributed by atoms with Gasteiger partial charge in [-0.25, -0.2) is 0 Å². The van der Waals surface area contributed by atoms with Gasteiger partial charge < -0.3 is 19.3 Å². The van der Waals surface area contributed by atoms with E-state index in [0.29, 0.717) is 31.5 Å². The number of amides is 1. The lowest BCUT2D eigenvalue weighted by molar-refractivity contribution is -0.121. The van der Waals surface area contributed by atoms with E-state index >= 15 is 0 Å². The molecule has 0 aliphatic heterocycles. The molecule has 5 aromatic heterocycles. The Morgan fingerprint density at radius 2 is 1.02 bits per heavy atom. The molecular formula is C73H68N12O5S. The van der Waals surface area contributed by atoms with Gasteiger partial charge in [0.15, 0.2) is 0 Å². The largest absolute Gasteiger partial charge is 0.489 e. The number of aromatic nitrogens is 10. The maximum absolute atomic E-state index is 12.0. The summed E-state index contributed by atoms with van der Waals surface area (Å²) >= 11 is 0. The molecule has 14 aromatic rings. The number of carbonyl (C=O) groups is 1. The molecule has 18 heteroatoms. The maximum Gasteiger partial charge on any atom is 0.241 e. The zero-order valence-corrected chi connectivity index (χ0v) is 52.0. The van der Waals surface area contributed by atoms with Gasteiger partial charge in [0.1, 0.15) is 61.2 Å². The smallest absolute Gasteiger partial charge is 0.241 e. The summed E-state index contributed by atoms with van der Waals surface area (Å²) in [6, 6.07) is 77.1. The van der Waals surface area contributed by atoms with Crippen LogP contribution in [-0.4, -0.2) is 91.9 Å². The quantitative estimate of drug-likeness (QED) is 0.0551. The van der Waals surface area contributed by atoms with Crippen LogP contribution in [0.2, 0.25) is 0 Å². The molecule has 0 fully saturated rings. The summed E-state index contributed by atoms with van der Waals surface area (Å²) < 4.78 is 30.6. The summed E-state index contributed by atoms with van der Waals surface area (Å²) in [5.74, 6) is 5.36. The number of rotatable bonds is 16. The van der Waals surface area contributed by atoms with E-state index in [1.807, 2.05) is 179 Å². The lowest BCUT2D eigenvalue weighted by Gasteiger charge is -2.07. The predicted molar refractivity (Wildman–Crippen MR) is 365 cm³/mol. The fourth-order valence-electron chi connectivity index (χ4n) is 10.7. The highest BCUT2D eigenvalue weighted by molar-refractivity contribution is 7.98. The number of likely N-dealkylation sites (N-methyl/N-ethyl adjacent to an activating group) is 1. The van der Waals surface area contributed by atoms with Crippen molar-refractivity contribution in [1.29, 1.82) is 0 Å². The van der Waals surface area contributed by atoms with Crippen LogP contribution < -0.4 is 10.1 Å². The molecule has 91 heavy (non-hydrogen) atoms. The minimum atomic E-state index is -2.14. The normalized spacial score (nSPS) is 11.7. The second kappa shape index (κ2) is 28.7. The second-order valence-electron chi connectivity index (χ2n) is 21.7. The number of ether oxygens (including phenoxy) is 1. The van der Waals surface area contributed by atoms with Gasteiger partial charge in [-0.15, -0.1) is 10.2 Å². The van der Waals surface area contributed by atoms with E-state index in [1.54, 1.807) is 28.9 Å². The monoisotopic (exact) mass is 1220 g/mol. The van der Waals surface area contributed by atoms with Gasteiger partial charge in [-0.3, -0.25) is 27.7 Å². The summed E-state index contributed by atoms with van der Waals surface area (Å²) in [5.41, 5.74) is 15.7. The third-order valence-corrected chi connectivity index (χ3v) is 15.5. The zero-order chi connectivity index (χ0) is 63.1. The van der Waals surface area contributed by atoms with E-state index in [1.165, 1.54) is 24.6 Å². The summed E-state index contributed by atoms with van der Waals surface area (Å²) in [7, 11) is 1.03. The number of hydrogen-bond donors (Lipinski definition) is 1. The lowest BCUT2D eigenvalue weighted by Crippen LogP contribution is -2.23. The number of para-hydroxylation sites is 4. The molecule has 1 N–H and O–H groups in total. The molecule has 456 valence electrons. The molecule has 1 unspecified atom stereocenters. The Balaban J connectivity index is 0.000000126. The van der Waals surface area contributed by atoms with Gasteiger partial charge in [0.05, 0.1) is 34.8 Å². The first kappa shape index (κ1) is 61.4. The van der Waals surface area contributed by atoms with E-state index in [0.717, 1.165) is 100.0 Å². The number of nitrogens with one attached hydrogen (secondary N) is 1. The highest BCUT2D eigenvalue weighted by Gasteiger charge is 2.18. The molecule has 1 amide bonds. The van der Waals surface area contributed by atoms with Gasteiger partial charge in [0.25, 0.3) is 0 Å². The molecule has 17 nitrogen and oxygen atoms in total. The summed E-state index contributed by atoms with van der Waals surface area (Å²) in [4.78, 5) is 16.4. The van der Waals surface area contributed by atoms with Crippen LogP contribution in [0.15, 0.2) is 246 Å². The molecule has 0 aliphatic rings. The van der Waals surface area contributed by atoms with Gasteiger partial charge in [-0.1, -0.05) is 198 Å². The SMILES string of the molecule is C=S(C)(=O)Cn1nc(-c2ccccc2)c2ccccc21.CNC(=O)Cn1nc(-c2ccccc2)c2ccccc21.CO/N=C/Cn1nc(-c2cccc(OCc3ccccc3)c2)c2ccccc21.Cc1cc(C)cc(-c2nn(Cc3nnco3)c3ccccc23)c1. The number of oxime groups is 1. The van der Waals surface area contributed by atoms with Gasteiger partial charge in [-0.05, 0) is 83.3 Å². The van der Waals surface area contributed by atoms with Crippen LogP contribution in [0.4, 0.5) is 0 Å². The minimum Gasteiger partial charge on any atom is -0.489 e. The van der Waals surface area contributed by atoms with E-state index in [9.17, 15) is 9.00 Å². The van der Waals surface area contributed by atoms with Crippen LogP contribution >= 0.6 is 0 Å². The molecule has 5 heterocycles. The lowest BCUT2D eigenvalue weighted by atomic mass is 10.0. The Labute approximate surface area is 527 Å². The van der Waals surface area contributed by atoms with Crippen LogP contribution in [0.25, 0.3) is 88.6 Å². The first-order chi connectivity index (χ1) is 44.4. The van der Waals surface area contributed by atoms with E-state index in [2.05, 4.69) is 111 Å². The third kappa shape index (κ3) is 15.2. The summed E-state index contributed by atoms with van der Waals surface area (Å²) in [6.45, 7) is 5.98. The molecule has 0 radical (unpaired) electrons. The summed E-state index contributed by atoms with van der Waals surface area (Å²) in [5, 5.41) is 37.3. The number of carbonyl (C=O) groups excluding carboxylic acids is 1. The van der Waals surface area contributed by atoms with Gasteiger partial charge in [-0.2, -0.15) is 20.4 Å². The number of nitrogens with zero attached hydrogens (tertiary/aromatic N) is 11. The Hall–Kier alpha value is -11.2. The van der Waals surface area contributed by atoms with Crippen LogP contribution in [0.1, 0.15) is 22.6 Å². The maximum atomic E-state index is 12.0. The van der Waals surface area contributed by atoms with Crippen LogP contribution in [-0.2, 0) is 51.3 Å². The minimum absolute atomic E-state index is 0.0575. The van der Waals surface area contributed by atoms with Crippen LogP contribution in [0, 0.1) is 13.8 Å². The molecule has 0 aliphatic carbocycles. The number of hydrogen-bond acceptors (Lipinski definition) is 12. The fraction of sp³-hybridized carbons (Fsp3) is 0.137. The Morgan fingerprint density at radius 1 is 0.560 bits per heavy atom. The van der Waals surface area contributed by atoms with E-state index in [-0.39, 0.29) is 12.5 Å². The van der Waals surface area contributed by atoms with Crippen molar-refractivity contribution in [3.8, 4) is 50.8 Å². The van der Waals surface area contributed by atoms with Crippen molar-refractivity contribution >= 4 is 71.1 Å². The predicted octanol–water partition coefficient (Wildman–Crippen LogP) is 14.1. The molecule has 0 saturated heterocycles. The van der Waals surface area contributed by atoms with Crippen LogP contribution in [0.3, 0.4) is 0 Å². The van der Waals surface area contributed by atoms with E-state index in [4.69, 9.17) is 24.2 Å². The third-order valence-electron chi connectivity index (χ3n) is 14.7. The Bertz CT molecular complexity index is 4870. The van der Waals surface area contributed by atoms with Crippen molar-refractivity contribution in [2.24, 2.45) is 5.16 Å². The van der Waals surface area contributed by atoms with Crippen molar-refractivity contribution in [2.45, 2.75) is 46.0 Å². The zero-order valence-electron chi connectivity index (χ0n) is 51.2. The topological polar surface area (TPSA) is 187 Å². The molecule has 0 spiro atoms. The number of benzene rings is 9. The van der Waals surface area contributed by atoms with Crippen molar-refractivity contribution in [2.75, 3.05) is 20.4 Å². The molecule has 1 atom stereocenters. The average Bonchev–Trinajstić information content (AvgIpc) is 1.75. The first-order valence-electron chi connectivity index (χ1n) is 29.5. The summed E-state index contributed by atoms with van der Waals surface area (Å²) in [6.07, 6.45) is 4.69. The van der Waals surface area contributed by atoms with Crippen molar-refractivity contribution in [3.63, 3.8) is 0 Å². The number of aryl methyl sites for hydroxylation is 2. The second-order valence-corrected chi connectivity index (χ2v) is 24.3. The average molecular weight is 1230 g/mol. The standard InChI is InChI=1S/C23H21N3O2.C18H16N4O.C16H15N3O.C16H16N2OS/c1-27-24-14-15-26-22-13-6-5-12-21(22)23(25-26)19-10-7-11-20(16-19)28-17-18-8-3-2-4-9-18;1-12-7-13(2)9-14(8-12)18-15-5-3-4-6-16(15)22(21-18)10-17-20-19-11-23-17;1-17-15(20)11-19-14-10-6-5-9-13(14)16(18-19)12-7-3-2-4-8-12;1-20(2,19)12-18-15-11-7-6-10-14(15)16(17-18)13-8-4-3-5-9-13/h2-14,16H,15,17H2,1H3;3-9,11H,10H2,1-2H3;2-10H,11H2,1H3,(H,17,20);3-11H,1,12H2,2H3/b24-14+;;;. The first-order valence-corrected chi connectivity index (χ1v) is 31.8. The molecule has 9 aromatic carbocycles. The molecule has 14 rings (SSSR count). The van der Waals surface area contributed by atoms with Crippen molar-refractivity contribution < 1.29 is 23.0 Å². The molecular weight excluding hydrogens is 1160 g/mol. The highest BCUT2D eigenvalue weighted by Crippen LogP contribution is 2.33. The van der Waals surface area contributed by atoms with Gasteiger partial charge >= 0.3 is 0 Å². The van der Waals surface area contributed by atoms with Gasteiger partial charge in [0.2, 0.25) is 18.2 Å². The molecule has 0 bridgehead atoms. The van der Waals surface area contributed by atoms with Crippen molar-refractivity contribution in [3.05, 3.63) is 259 Å². The molecule has 0 saturated carbocycles. The van der Waals surface area contributed by atoms with Gasteiger partial charge in [0, 0.05) is 57.1 Å². The number of fused-ring (bicyclic) bond motifs is 4. The van der Waals surface area contributed by atoms with Crippen molar-refractivity contribution in [1.82, 2.24) is 54.6 Å². The highest BCUT2D eigenvalue weighted by atomic mass is 32.2.